The van der Waals surface area contributed by atoms with E-state index in [1.54, 1.807) is 12.1 Å². The number of nitrogens with one attached hydrogen (secondary N) is 2. The van der Waals surface area contributed by atoms with Gasteiger partial charge in [-0.05, 0) is 43.5 Å². The molecule has 3 rings (SSSR count). The average Bonchev–Trinajstić information content (AvgIpc) is 3.38. The largest absolute Gasteiger partial charge is 0.352 e. The van der Waals surface area contributed by atoms with Crippen LogP contribution >= 0.6 is 11.6 Å². The second kappa shape index (κ2) is 7.28. The van der Waals surface area contributed by atoms with Gasteiger partial charge in [0.25, 0.3) is 0 Å². The first-order valence-corrected chi connectivity index (χ1v) is 8.72. The number of rotatable bonds is 5. The molecule has 1 aliphatic rings. The molecule has 2 N–H and O–H groups in total. The normalized spacial score (nSPS) is 18.5. The third kappa shape index (κ3) is 4.20. The van der Waals surface area contributed by atoms with E-state index < -0.39 is 0 Å². The van der Waals surface area contributed by atoms with E-state index in [2.05, 4.69) is 10.6 Å². The van der Waals surface area contributed by atoms with Crippen LogP contribution in [0.4, 0.5) is 5.69 Å². The zero-order valence-corrected chi connectivity index (χ0v) is 15.1. The van der Waals surface area contributed by atoms with Crippen molar-refractivity contribution in [1.82, 2.24) is 5.32 Å². The lowest BCUT2D eigenvalue weighted by Crippen LogP contribution is -2.27. The molecule has 0 saturated heterocycles. The molecular weight excluding hydrogens is 336 g/mol. The summed E-state index contributed by atoms with van der Waals surface area (Å²) in [5, 5.41) is 6.41. The zero-order valence-electron chi connectivity index (χ0n) is 14.3. The third-order valence-corrected chi connectivity index (χ3v) is 4.95. The number of halogens is 1. The Hall–Kier alpha value is -2.33. The van der Waals surface area contributed by atoms with Crippen LogP contribution in [0.5, 0.6) is 0 Å². The molecule has 0 radical (unpaired) electrons. The number of hydrogen-bond acceptors (Lipinski definition) is 2. The quantitative estimate of drug-likeness (QED) is 0.854. The van der Waals surface area contributed by atoms with Crippen molar-refractivity contribution in [2.24, 2.45) is 11.8 Å². The van der Waals surface area contributed by atoms with Crippen molar-refractivity contribution < 1.29 is 9.59 Å². The van der Waals surface area contributed by atoms with E-state index in [1.807, 2.05) is 44.2 Å². The van der Waals surface area contributed by atoms with Crippen molar-refractivity contribution >= 4 is 29.1 Å². The van der Waals surface area contributed by atoms with Crippen molar-refractivity contribution in [2.75, 3.05) is 5.32 Å². The van der Waals surface area contributed by atoms with Crippen LogP contribution in [0, 0.1) is 25.7 Å². The highest BCUT2D eigenvalue weighted by molar-refractivity contribution is 6.31. The predicted octanol–water partition coefficient (Wildman–Crippen LogP) is 3.85. The minimum absolute atomic E-state index is 0.0653. The second-order valence-corrected chi connectivity index (χ2v) is 6.96. The summed E-state index contributed by atoms with van der Waals surface area (Å²) in [5.41, 5.74) is 3.75. The molecule has 2 atom stereocenters. The Balaban J connectivity index is 1.52. The van der Waals surface area contributed by atoms with E-state index in [0.717, 1.165) is 16.7 Å². The van der Waals surface area contributed by atoms with Gasteiger partial charge in [0.2, 0.25) is 11.8 Å². The fourth-order valence-electron chi connectivity index (χ4n) is 2.89. The number of aryl methyl sites for hydroxylation is 1. The molecule has 0 heterocycles. The Morgan fingerprint density at radius 2 is 1.80 bits per heavy atom. The van der Waals surface area contributed by atoms with Gasteiger partial charge in [0.05, 0.1) is 11.8 Å². The molecule has 0 aliphatic heterocycles. The van der Waals surface area contributed by atoms with Crippen LogP contribution < -0.4 is 10.6 Å². The van der Waals surface area contributed by atoms with Gasteiger partial charge in [-0.1, -0.05) is 47.5 Å². The minimum Gasteiger partial charge on any atom is -0.352 e. The molecule has 2 aromatic carbocycles. The van der Waals surface area contributed by atoms with Crippen LogP contribution in [-0.4, -0.2) is 11.8 Å². The molecule has 1 fully saturated rings. The Bertz CT molecular complexity index is 819. The van der Waals surface area contributed by atoms with Crippen molar-refractivity contribution in [1.29, 1.82) is 0 Å². The lowest BCUT2D eigenvalue weighted by molar-refractivity contribution is -0.125. The van der Waals surface area contributed by atoms with Crippen LogP contribution in [0.15, 0.2) is 42.5 Å². The van der Waals surface area contributed by atoms with Gasteiger partial charge in [-0.2, -0.15) is 0 Å². The Morgan fingerprint density at radius 1 is 1.08 bits per heavy atom. The first-order valence-electron chi connectivity index (χ1n) is 8.35. The molecule has 130 valence electrons. The number of carbonyl (C=O) groups is 2. The molecule has 5 heteroatoms. The van der Waals surface area contributed by atoms with Crippen molar-refractivity contribution in [3.8, 4) is 0 Å². The summed E-state index contributed by atoms with van der Waals surface area (Å²) in [7, 11) is 0. The lowest BCUT2D eigenvalue weighted by Gasteiger charge is -2.09. The fourth-order valence-corrected chi connectivity index (χ4v) is 3.06. The summed E-state index contributed by atoms with van der Waals surface area (Å²) in [6, 6.07) is 13.4. The average molecular weight is 357 g/mol. The lowest BCUT2D eigenvalue weighted by atomic mass is 10.1. The summed E-state index contributed by atoms with van der Waals surface area (Å²) in [6.07, 6.45) is 0.588. The van der Waals surface area contributed by atoms with Crippen molar-refractivity contribution in [3.63, 3.8) is 0 Å². The zero-order chi connectivity index (χ0) is 18.0. The van der Waals surface area contributed by atoms with E-state index in [-0.39, 0.29) is 23.7 Å². The summed E-state index contributed by atoms with van der Waals surface area (Å²) >= 11 is 6.07. The number of hydrogen-bond donors (Lipinski definition) is 2. The maximum absolute atomic E-state index is 12.3. The van der Waals surface area contributed by atoms with E-state index in [4.69, 9.17) is 11.6 Å². The SMILES string of the molecule is Cc1cccc(CNC(=O)C2CC2C(=O)Nc2cccc(Cl)c2C)c1. The molecule has 2 amide bonds. The van der Waals surface area contributed by atoms with Gasteiger partial charge >= 0.3 is 0 Å². The first-order chi connectivity index (χ1) is 12.0. The van der Waals surface area contributed by atoms with Gasteiger partial charge in [-0.3, -0.25) is 9.59 Å². The molecule has 1 saturated carbocycles. The molecular formula is C20H21ClN2O2. The highest BCUT2D eigenvalue weighted by Gasteiger charge is 2.48. The van der Waals surface area contributed by atoms with Gasteiger partial charge in [-0.15, -0.1) is 0 Å². The molecule has 4 nitrogen and oxygen atoms in total. The van der Waals surface area contributed by atoms with Crippen LogP contribution in [0.3, 0.4) is 0 Å². The molecule has 2 aromatic rings. The fraction of sp³-hybridized carbons (Fsp3) is 0.300. The number of anilines is 1. The Kier molecular flexibility index (Phi) is 5.09. The summed E-state index contributed by atoms with van der Waals surface area (Å²) in [6.45, 7) is 4.36. The molecule has 2 unspecified atom stereocenters. The van der Waals surface area contributed by atoms with Gasteiger partial charge in [-0.25, -0.2) is 0 Å². The third-order valence-electron chi connectivity index (χ3n) is 4.54. The summed E-state index contributed by atoms with van der Waals surface area (Å²) in [4.78, 5) is 24.6. The van der Waals surface area contributed by atoms with Crippen LogP contribution in [0.25, 0.3) is 0 Å². The van der Waals surface area contributed by atoms with E-state index in [0.29, 0.717) is 23.7 Å². The second-order valence-electron chi connectivity index (χ2n) is 6.56. The molecule has 0 spiro atoms. The molecule has 0 aromatic heterocycles. The maximum atomic E-state index is 12.3. The van der Waals surface area contributed by atoms with Crippen molar-refractivity contribution in [2.45, 2.75) is 26.8 Å². The molecule has 25 heavy (non-hydrogen) atoms. The maximum Gasteiger partial charge on any atom is 0.228 e. The van der Waals surface area contributed by atoms with Gasteiger partial charge in [0.1, 0.15) is 0 Å². The molecule has 0 bridgehead atoms. The number of amides is 2. The monoisotopic (exact) mass is 356 g/mol. The van der Waals surface area contributed by atoms with Crippen LogP contribution in [0.2, 0.25) is 5.02 Å². The minimum atomic E-state index is -0.268. The first kappa shape index (κ1) is 17.5. The van der Waals surface area contributed by atoms with E-state index >= 15 is 0 Å². The highest BCUT2D eigenvalue weighted by Crippen LogP contribution is 2.40. The van der Waals surface area contributed by atoms with E-state index in [9.17, 15) is 9.59 Å². The Labute approximate surface area is 152 Å². The standard InChI is InChI=1S/C20H21ClN2O2/c1-12-5-3-6-14(9-12)11-22-19(24)15-10-16(15)20(25)23-18-8-4-7-17(21)13(18)2/h3-9,15-16H,10-11H2,1-2H3,(H,22,24)(H,23,25). The van der Waals surface area contributed by atoms with Gasteiger partial charge in [0.15, 0.2) is 0 Å². The number of carbonyl (C=O) groups excluding carboxylic acids is 2. The van der Waals surface area contributed by atoms with Crippen molar-refractivity contribution in [3.05, 3.63) is 64.2 Å². The Morgan fingerprint density at radius 3 is 2.56 bits per heavy atom. The summed E-state index contributed by atoms with van der Waals surface area (Å²) in [5.74, 6) is -0.703. The predicted molar refractivity (Wildman–Crippen MR) is 99.4 cm³/mol. The van der Waals surface area contributed by atoms with Crippen LogP contribution in [0.1, 0.15) is 23.1 Å². The molecule has 1 aliphatic carbocycles. The highest BCUT2D eigenvalue weighted by atomic mass is 35.5. The summed E-state index contributed by atoms with van der Waals surface area (Å²) < 4.78 is 0. The van der Waals surface area contributed by atoms with Gasteiger partial charge in [0, 0.05) is 17.3 Å². The number of benzene rings is 2. The van der Waals surface area contributed by atoms with E-state index in [1.165, 1.54) is 0 Å². The topological polar surface area (TPSA) is 58.2 Å². The smallest absolute Gasteiger partial charge is 0.228 e. The van der Waals surface area contributed by atoms with Crippen LogP contribution in [-0.2, 0) is 16.1 Å². The van der Waals surface area contributed by atoms with Gasteiger partial charge < -0.3 is 10.6 Å².